The van der Waals surface area contributed by atoms with Crippen LogP contribution in [0.3, 0.4) is 0 Å². The van der Waals surface area contributed by atoms with Crippen molar-refractivity contribution in [3.8, 4) is 0 Å². The molecule has 18 heavy (non-hydrogen) atoms. The summed E-state index contributed by atoms with van der Waals surface area (Å²) in [6, 6.07) is 11.2. The third kappa shape index (κ3) is 3.82. The minimum atomic E-state index is -0.0441. The summed E-state index contributed by atoms with van der Waals surface area (Å²) in [4.78, 5) is 0. The molecule has 2 nitrogen and oxygen atoms in total. The van der Waals surface area contributed by atoms with Crippen LogP contribution in [0.25, 0.3) is 0 Å². The van der Waals surface area contributed by atoms with Gasteiger partial charge < -0.3 is 10.4 Å². The number of benzene rings is 1. The Morgan fingerprint density at radius 2 is 1.83 bits per heavy atom. The molecule has 1 atom stereocenters. The van der Waals surface area contributed by atoms with Crippen LogP contribution < -0.4 is 5.32 Å². The summed E-state index contributed by atoms with van der Waals surface area (Å²) >= 11 is 0. The predicted octanol–water partition coefficient (Wildman–Crippen LogP) is 3.28. The van der Waals surface area contributed by atoms with E-state index in [0.29, 0.717) is 6.04 Å². The molecule has 1 aromatic rings. The molecule has 0 spiro atoms. The zero-order chi connectivity index (χ0) is 12.8. The van der Waals surface area contributed by atoms with Gasteiger partial charge in [-0.2, -0.15) is 0 Å². The van der Waals surface area contributed by atoms with E-state index < -0.39 is 0 Å². The van der Waals surface area contributed by atoms with Crippen molar-refractivity contribution in [1.82, 2.24) is 5.32 Å². The molecule has 2 rings (SSSR count). The molecule has 0 radical (unpaired) electrons. The second-order valence-corrected chi connectivity index (χ2v) is 5.45. The molecule has 2 N–H and O–H groups in total. The highest BCUT2D eigenvalue weighted by Crippen LogP contribution is 2.25. The number of aliphatic hydroxyl groups excluding tert-OH is 1. The predicted molar refractivity (Wildman–Crippen MR) is 75.4 cm³/mol. The van der Waals surface area contributed by atoms with Gasteiger partial charge in [0.2, 0.25) is 0 Å². The molecule has 1 aliphatic rings. The van der Waals surface area contributed by atoms with E-state index in [-0.39, 0.29) is 6.10 Å². The van der Waals surface area contributed by atoms with Crippen LogP contribution in [0.4, 0.5) is 0 Å². The Morgan fingerprint density at radius 3 is 2.44 bits per heavy atom. The molecule has 1 fully saturated rings. The Hall–Kier alpha value is -0.860. The average Bonchev–Trinajstić information content (AvgIpc) is 2.43. The summed E-state index contributed by atoms with van der Waals surface area (Å²) < 4.78 is 0. The largest absolute Gasteiger partial charge is 0.393 e. The van der Waals surface area contributed by atoms with E-state index in [1.165, 1.54) is 18.4 Å². The Labute approximate surface area is 110 Å². The summed E-state index contributed by atoms with van der Waals surface area (Å²) in [7, 11) is 0. The van der Waals surface area contributed by atoms with Crippen molar-refractivity contribution in [3.63, 3.8) is 0 Å². The quantitative estimate of drug-likeness (QED) is 0.837. The molecule has 0 heterocycles. The molecule has 0 saturated heterocycles. The lowest BCUT2D eigenvalue weighted by Crippen LogP contribution is -2.30. The van der Waals surface area contributed by atoms with Gasteiger partial charge in [-0.05, 0) is 50.1 Å². The van der Waals surface area contributed by atoms with Gasteiger partial charge in [0.15, 0.2) is 0 Å². The number of hydrogen-bond donors (Lipinski definition) is 2. The maximum absolute atomic E-state index is 9.51. The third-order valence-electron chi connectivity index (χ3n) is 4.08. The van der Waals surface area contributed by atoms with Crippen molar-refractivity contribution in [2.45, 2.75) is 51.2 Å². The topological polar surface area (TPSA) is 32.3 Å². The van der Waals surface area contributed by atoms with Crippen molar-refractivity contribution in [1.29, 1.82) is 0 Å². The minimum absolute atomic E-state index is 0.0441. The van der Waals surface area contributed by atoms with Crippen molar-refractivity contribution in [3.05, 3.63) is 35.9 Å². The monoisotopic (exact) mass is 247 g/mol. The molecule has 1 aromatic carbocycles. The molecule has 2 heteroatoms. The Balaban J connectivity index is 1.81. The van der Waals surface area contributed by atoms with E-state index in [9.17, 15) is 5.11 Å². The molecule has 0 bridgehead atoms. The normalized spacial score (nSPS) is 25.9. The zero-order valence-corrected chi connectivity index (χ0v) is 11.3. The lowest BCUT2D eigenvalue weighted by atomic mass is 9.87. The minimum Gasteiger partial charge on any atom is -0.393 e. The fourth-order valence-electron chi connectivity index (χ4n) is 2.84. The van der Waals surface area contributed by atoms with E-state index in [4.69, 9.17) is 0 Å². The molecular formula is C16H25NO. The molecule has 100 valence electrons. The van der Waals surface area contributed by atoms with Gasteiger partial charge in [0.1, 0.15) is 0 Å². The van der Waals surface area contributed by atoms with Crippen molar-refractivity contribution in [2.75, 3.05) is 6.54 Å². The third-order valence-corrected chi connectivity index (χ3v) is 4.08. The van der Waals surface area contributed by atoms with Crippen LogP contribution >= 0.6 is 0 Å². The standard InChI is InChI=1S/C16H25NO/c1-2-16(14-6-4-3-5-7-14)17-12-13-8-10-15(18)11-9-13/h3-7,13,15-18H,2,8-12H2,1H3. The summed E-state index contributed by atoms with van der Waals surface area (Å²) in [6.45, 7) is 3.31. The van der Waals surface area contributed by atoms with Crippen LogP contribution in [-0.2, 0) is 0 Å². The fourth-order valence-corrected chi connectivity index (χ4v) is 2.84. The number of hydrogen-bond acceptors (Lipinski definition) is 2. The van der Waals surface area contributed by atoms with Crippen LogP contribution in [0, 0.1) is 5.92 Å². The smallest absolute Gasteiger partial charge is 0.0540 e. The molecule has 1 unspecified atom stereocenters. The summed E-state index contributed by atoms with van der Waals surface area (Å²) in [5.41, 5.74) is 1.39. The van der Waals surface area contributed by atoms with Crippen molar-refractivity contribution in [2.24, 2.45) is 5.92 Å². The van der Waals surface area contributed by atoms with Gasteiger partial charge in [-0.1, -0.05) is 37.3 Å². The van der Waals surface area contributed by atoms with Crippen LogP contribution in [-0.4, -0.2) is 17.8 Å². The van der Waals surface area contributed by atoms with E-state index >= 15 is 0 Å². The van der Waals surface area contributed by atoms with E-state index in [0.717, 1.165) is 31.7 Å². The summed E-state index contributed by atoms with van der Waals surface area (Å²) in [5, 5.41) is 13.2. The highest BCUT2D eigenvalue weighted by atomic mass is 16.3. The summed E-state index contributed by atoms with van der Waals surface area (Å²) in [5.74, 6) is 0.742. The first-order valence-corrected chi connectivity index (χ1v) is 7.26. The van der Waals surface area contributed by atoms with E-state index in [1.807, 2.05) is 0 Å². The van der Waals surface area contributed by atoms with E-state index in [1.54, 1.807) is 0 Å². The van der Waals surface area contributed by atoms with Gasteiger partial charge >= 0.3 is 0 Å². The lowest BCUT2D eigenvalue weighted by molar-refractivity contribution is 0.107. The van der Waals surface area contributed by atoms with Crippen molar-refractivity contribution >= 4 is 0 Å². The van der Waals surface area contributed by atoms with Crippen LogP contribution in [0.15, 0.2) is 30.3 Å². The summed E-state index contributed by atoms with van der Waals surface area (Å²) in [6.07, 6.45) is 5.37. The molecular weight excluding hydrogens is 222 g/mol. The average molecular weight is 247 g/mol. The van der Waals surface area contributed by atoms with Crippen LogP contribution in [0.2, 0.25) is 0 Å². The second-order valence-electron chi connectivity index (χ2n) is 5.45. The zero-order valence-electron chi connectivity index (χ0n) is 11.3. The van der Waals surface area contributed by atoms with Gasteiger partial charge in [0, 0.05) is 6.04 Å². The van der Waals surface area contributed by atoms with Gasteiger partial charge in [-0.15, -0.1) is 0 Å². The first kappa shape index (κ1) is 13.6. The Bertz CT molecular complexity index is 330. The Morgan fingerprint density at radius 1 is 1.17 bits per heavy atom. The SMILES string of the molecule is CCC(NCC1CCC(O)CC1)c1ccccc1. The van der Waals surface area contributed by atoms with Gasteiger partial charge in [0.05, 0.1) is 6.10 Å². The maximum Gasteiger partial charge on any atom is 0.0540 e. The molecule has 0 aromatic heterocycles. The van der Waals surface area contributed by atoms with Gasteiger partial charge in [0.25, 0.3) is 0 Å². The number of rotatable bonds is 5. The van der Waals surface area contributed by atoms with Gasteiger partial charge in [-0.3, -0.25) is 0 Å². The molecule has 1 saturated carbocycles. The lowest BCUT2D eigenvalue weighted by Gasteiger charge is -2.27. The van der Waals surface area contributed by atoms with Crippen LogP contribution in [0.1, 0.15) is 50.6 Å². The van der Waals surface area contributed by atoms with E-state index in [2.05, 4.69) is 42.6 Å². The maximum atomic E-state index is 9.51. The molecule has 1 aliphatic carbocycles. The fraction of sp³-hybridized carbons (Fsp3) is 0.625. The Kier molecular flexibility index (Phi) is 5.21. The van der Waals surface area contributed by atoms with Crippen molar-refractivity contribution < 1.29 is 5.11 Å². The number of aliphatic hydroxyl groups is 1. The highest BCUT2D eigenvalue weighted by Gasteiger charge is 2.20. The second kappa shape index (κ2) is 6.91. The molecule has 0 aliphatic heterocycles. The molecule has 0 amide bonds. The first-order chi connectivity index (χ1) is 8.79. The first-order valence-electron chi connectivity index (χ1n) is 7.26. The highest BCUT2D eigenvalue weighted by molar-refractivity contribution is 5.18. The number of nitrogens with one attached hydrogen (secondary N) is 1. The van der Waals surface area contributed by atoms with Crippen LogP contribution in [0.5, 0.6) is 0 Å². The van der Waals surface area contributed by atoms with Gasteiger partial charge in [-0.25, -0.2) is 0 Å².